The molecule has 1 heterocycles. The maximum Gasteiger partial charge on any atom is 0.243 e. The van der Waals surface area contributed by atoms with Crippen LogP contribution in [0.3, 0.4) is 0 Å². The Kier molecular flexibility index (Phi) is 6.90. The number of unbranched alkanes of at least 4 members (excludes halogenated alkanes) is 1. The van der Waals surface area contributed by atoms with E-state index in [1.165, 1.54) is 0 Å². The molecule has 0 aliphatic heterocycles. The van der Waals surface area contributed by atoms with Crippen LogP contribution in [0, 0.1) is 0 Å². The molecule has 18 heavy (non-hydrogen) atoms. The Balaban J connectivity index is 2.42. The van der Waals surface area contributed by atoms with Crippen molar-refractivity contribution in [3.63, 3.8) is 0 Å². The van der Waals surface area contributed by atoms with Gasteiger partial charge in [-0.05, 0) is 19.5 Å². The zero-order valence-electron chi connectivity index (χ0n) is 11.9. The number of likely N-dealkylation sites (N-methyl/N-ethyl adjacent to an activating group) is 1. The number of rotatable bonds is 9. The number of nitrogens with two attached hydrogens (primary N) is 1. The highest BCUT2D eigenvalue weighted by Gasteiger charge is 2.14. The molecule has 2 N–H and O–H groups in total. The second-order valence-electron chi connectivity index (χ2n) is 4.57. The maximum atomic E-state index is 6.00. The van der Waals surface area contributed by atoms with Gasteiger partial charge >= 0.3 is 0 Å². The quantitative estimate of drug-likeness (QED) is 0.731. The maximum absolute atomic E-state index is 6.00. The first-order valence-corrected chi connectivity index (χ1v) is 7.01. The van der Waals surface area contributed by atoms with Gasteiger partial charge in [-0.3, -0.25) is 0 Å². The van der Waals surface area contributed by atoms with Crippen molar-refractivity contribution in [2.45, 2.75) is 52.5 Å². The molecule has 0 bridgehead atoms. The zero-order valence-corrected chi connectivity index (χ0v) is 11.9. The van der Waals surface area contributed by atoms with Crippen molar-refractivity contribution in [2.24, 2.45) is 5.73 Å². The molecular formula is C13H26N4O. The summed E-state index contributed by atoms with van der Waals surface area (Å²) in [5, 5.41) is 3.99. The van der Waals surface area contributed by atoms with Crippen molar-refractivity contribution in [1.82, 2.24) is 15.0 Å². The minimum Gasteiger partial charge on any atom is -0.338 e. The fraction of sp³-hybridized carbons (Fsp3) is 0.846. The Labute approximate surface area is 110 Å². The standard InChI is InChI=1S/C13H26N4O/c1-4-7-8-11(14)13-15-12(16-18-13)9-10-17(5-2)6-3/h11H,4-10,14H2,1-3H3/t11-/m0/s1. The van der Waals surface area contributed by atoms with Crippen LogP contribution in [-0.2, 0) is 6.42 Å². The van der Waals surface area contributed by atoms with Crippen LogP contribution in [0.1, 0.15) is 57.8 Å². The monoisotopic (exact) mass is 254 g/mol. The molecule has 1 rings (SSSR count). The second-order valence-corrected chi connectivity index (χ2v) is 4.57. The normalized spacial score (nSPS) is 13.2. The first kappa shape index (κ1) is 15.1. The van der Waals surface area contributed by atoms with Crippen molar-refractivity contribution in [1.29, 1.82) is 0 Å². The van der Waals surface area contributed by atoms with Crippen LogP contribution in [-0.4, -0.2) is 34.7 Å². The van der Waals surface area contributed by atoms with Crippen molar-refractivity contribution in [3.05, 3.63) is 11.7 Å². The summed E-state index contributed by atoms with van der Waals surface area (Å²) in [6.07, 6.45) is 3.97. The van der Waals surface area contributed by atoms with E-state index in [0.29, 0.717) is 5.89 Å². The molecule has 1 aromatic heterocycles. The Morgan fingerprint density at radius 2 is 2.00 bits per heavy atom. The molecule has 1 aromatic rings. The predicted molar refractivity (Wildman–Crippen MR) is 72.2 cm³/mol. The van der Waals surface area contributed by atoms with Gasteiger partial charge in [0, 0.05) is 13.0 Å². The van der Waals surface area contributed by atoms with E-state index in [2.05, 4.69) is 35.8 Å². The molecule has 0 aliphatic rings. The molecule has 1 atom stereocenters. The SMILES string of the molecule is CCCC[C@H](N)c1nc(CCN(CC)CC)no1. The van der Waals surface area contributed by atoms with Crippen molar-refractivity contribution >= 4 is 0 Å². The summed E-state index contributed by atoms with van der Waals surface area (Å²) in [5.74, 6) is 1.35. The van der Waals surface area contributed by atoms with Gasteiger partial charge in [0.15, 0.2) is 5.82 Å². The van der Waals surface area contributed by atoms with Crippen molar-refractivity contribution < 1.29 is 4.52 Å². The molecule has 5 nitrogen and oxygen atoms in total. The van der Waals surface area contributed by atoms with Gasteiger partial charge in [0.05, 0.1) is 6.04 Å². The zero-order chi connectivity index (χ0) is 13.4. The molecule has 0 unspecified atom stereocenters. The number of aromatic nitrogens is 2. The summed E-state index contributed by atoms with van der Waals surface area (Å²) >= 11 is 0. The molecule has 0 saturated carbocycles. The molecular weight excluding hydrogens is 228 g/mol. The highest BCUT2D eigenvalue weighted by molar-refractivity contribution is 4.92. The average Bonchev–Trinajstić information content (AvgIpc) is 2.86. The lowest BCUT2D eigenvalue weighted by Gasteiger charge is -2.16. The molecule has 0 fully saturated rings. The van der Waals surface area contributed by atoms with Gasteiger partial charge in [0.25, 0.3) is 0 Å². The van der Waals surface area contributed by atoms with Crippen LogP contribution in [0.15, 0.2) is 4.52 Å². The Hall–Kier alpha value is -0.940. The Morgan fingerprint density at radius 1 is 1.28 bits per heavy atom. The summed E-state index contributed by atoms with van der Waals surface area (Å²) < 4.78 is 5.22. The van der Waals surface area contributed by atoms with Gasteiger partial charge in [-0.25, -0.2) is 0 Å². The first-order valence-electron chi connectivity index (χ1n) is 7.01. The van der Waals surface area contributed by atoms with E-state index in [1.807, 2.05) is 0 Å². The van der Waals surface area contributed by atoms with E-state index in [9.17, 15) is 0 Å². The molecule has 5 heteroatoms. The lowest BCUT2D eigenvalue weighted by molar-refractivity contribution is 0.301. The van der Waals surface area contributed by atoms with Gasteiger partial charge < -0.3 is 15.2 Å². The van der Waals surface area contributed by atoms with Crippen LogP contribution < -0.4 is 5.73 Å². The second kappa shape index (κ2) is 8.21. The molecule has 0 radical (unpaired) electrons. The van der Waals surface area contributed by atoms with E-state index in [0.717, 1.165) is 51.1 Å². The summed E-state index contributed by atoms with van der Waals surface area (Å²) in [5.41, 5.74) is 6.00. The van der Waals surface area contributed by atoms with Crippen molar-refractivity contribution in [3.8, 4) is 0 Å². The minimum atomic E-state index is -0.111. The Bertz CT molecular complexity index is 323. The number of hydrogen-bond donors (Lipinski definition) is 1. The van der Waals surface area contributed by atoms with Crippen LogP contribution in [0.4, 0.5) is 0 Å². The van der Waals surface area contributed by atoms with Crippen LogP contribution >= 0.6 is 0 Å². The van der Waals surface area contributed by atoms with Gasteiger partial charge in [-0.15, -0.1) is 0 Å². The van der Waals surface area contributed by atoms with E-state index >= 15 is 0 Å². The number of nitrogens with zero attached hydrogens (tertiary/aromatic N) is 3. The largest absolute Gasteiger partial charge is 0.338 e. The molecule has 0 spiro atoms. The van der Waals surface area contributed by atoms with Gasteiger partial charge in [-0.1, -0.05) is 38.8 Å². The summed E-state index contributed by atoms with van der Waals surface area (Å²) in [7, 11) is 0. The third-order valence-electron chi connectivity index (χ3n) is 3.22. The summed E-state index contributed by atoms with van der Waals surface area (Å²) in [6.45, 7) is 9.54. The minimum absolute atomic E-state index is 0.111. The Morgan fingerprint density at radius 3 is 2.61 bits per heavy atom. The van der Waals surface area contributed by atoms with E-state index in [1.54, 1.807) is 0 Å². The topological polar surface area (TPSA) is 68.2 Å². The molecule has 104 valence electrons. The van der Waals surface area contributed by atoms with Crippen LogP contribution in [0.25, 0.3) is 0 Å². The fourth-order valence-corrected chi connectivity index (χ4v) is 1.87. The number of hydrogen-bond acceptors (Lipinski definition) is 5. The molecule has 0 saturated heterocycles. The smallest absolute Gasteiger partial charge is 0.243 e. The van der Waals surface area contributed by atoms with Crippen LogP contribution in [0.2, 0.25) is 0 Å². The summed E-state index contributed by atoms with van der Waals surface area (Å²) in [4.78, 5) is 6.71. The first-order chi connectivity index (χ1) is 8.71. The van der Waals surface area contributed by atoms with Gasteiger partial charge in [0.1, 0.15) is 0 Å². The predicted octanol–water partition coefficient (Wildman–Crippen LogP) is 2.14. The lowest BCUT2D eigenvalue weighted by atomic mass is 10.1. The molecule has 0 amide bonds. The van der Waals surface area contributed by atoms with Gasteiger partial charge in [0.2, 0.25) is 5.89 Å². The molecule has 0 aromatic carbocycles. The highest BCUT2D eigenvalue weighted by Crippen LogP contribution is 2.14. The van der Waals surface area contributed by atoms with E-state index < -0.39 is 0 Å². The van der Waals surface area contributed by atoms with Crippen LogP contribution in [0.5, 0.6) is 0 Å². The average molecular weight is 254 g/mol. The van der Waals surface area contributed by atoms with Crippen molar-refractivity contribution in [2.75, 3.05) is 19.6 Å². The van der Waals surface area contributed by atoms with Gasteiger partial charge in [-0.2, -0.15) is 4.98 Å². The summed E-state index contributed by atoms with van der Waals surface area (Å²) in [6, 6.07) is -0.111. The molecule has 0 aliphatic carbocycles. The van der Waals surface area contributed by atoms with E-state index in [-0.39, 0.29) is 6.04 Å². The fourth-order valence-electron chi connectivity index (χ4n) is 1.87. The highest BCUT2D eigenvalue weighted by atomic mass is 16.5. The van der Waals surface area contributed by atoms with E-state index in [4.69, 9.17) is 10.3 Å². The lowest BCUT2D eigenvalue weighted by Crippen LogP contribution is -2.25. The third-order valence-corrected chi connectivity index (χ3v) is 3.22. The third kappa shape index (κ3) is 4.74.